The van der Waals surface area contributed by atoms with Crippen LogP contribution < -0.4 is 24.8 Å². The molecule has 0 radical (unpaired) electrons. The normalized spacial score (nSPS) is 19.0. The van der Waals surface area contributed by atoms with Crippen LogP contribution in [0.15, 0.2) is 71.9 Å². The third-order valence-corrected chi connectivity index (χ3v) is 26.8. The van der Waals surface area contributed by atoms with Gasteiger partial charge in [0.1, 0.15) is 0 Å². The molecule has 3 rings (SSSR count). The summed E-state index contributed by atoms with van der Waals surface area (Å²) in [5, 5.41) is 0. The summed E-state index contributed by atoms with van der Waals surface area (Å²) in [6.45, 7) is 9.36. The number of allylic oxidation sites excluding steroid dienone is 8. The first-order valence-corrected chi connectivity index (χ1v) is 19.8. The molecule has 1 unspecified atom stereocenters. The third kappa shape index (κ3) is 5.66. The summed E-state index contributed by atoms with van der Waals surface area (Å²) in [4.78, 5) is 0. The summed E-state index contributed by atoms with van der Waals surface area (Å²) in [7, 11) is 0. The van der Waals surface area contributed by atoms with Crippen LogP contribution in [0.4, 0.5) is 0 Å². The van der Waals surface area contributed by atoms with Crippen LogP contribution in [0.25, 0.3) is 0 Å². The van der Waals surface area contributed by atoms with Gasteiger partial charge >= 0.3 is 150 Å². The molecule has 0 saturated carbocycles. The van der Waals surface area contributed by atoms with Crippen molar-refractivity contribution in [2.45, 2.75) is 40.2 Å². The van der Waals surface area contributed by atoms with E-state index in [1.807, 2.05) is 6.66 Å². The molecule has 1 aromatic rings. The SMILES string of the molecule is CC1=CC(C)[C](/[Hf+2](=[SiH]\Cc2ccccc2)[C]2=C(C)C=C(C)C2)=C1.[Cl-].[Cl-]. The second kappa shape index (κ2) is 10.3. The number of hydrogen-bond donors (Lipinski definition) is 0. The molecule has 0 aromatic heterocycles. The van der Waals surface area contributed by atoms with Gasteiger partial charge < -0.3 is 24.8 Å². The van der Waals surface area contributed by atoms with E-state index in [1.54, 1.807) is 16.7 Å². The van der Waals surface area contributed by atoms with Crippen molar-refractivity contribution >= 4 is 6.22 Å². The summed E-state index contributed by atoms with van der Waals surface area (Å²) in [6.07, 6.45) is 9.32. The Morgan fingerprint density at radius 1 is 1.04 bits per heavy atom. The van der Waals surface area contributed by atoms with Gasteiger partial charge in [-0.2, -0.15) is 0 Å². The first kappa shape index (κ1) is 22.9. The number of rotatable bonds is 4. The molecule has 0 nitrogen and oxygen atoms in total. The smallest absolute Gasteiger partial charge is 1.00 e. The average molecular weight is 556 g/mol. The molecule has 132 valence electrons. The van der Waals surface area contributed by atoms with Gasteiger partial charge in [0.25, 0.3) is 0 Å². The summed E-state index contributed by atoms with van der Waals surface area (Å²) in [5.41, 5.74) is 6.23. The van der Waals surface area contributed by atoms with E-state index in [4.69, 9.17) is 0 Å². The first-order chi connectivity index (χ1) is 11.0. The van der Waals surface area contributed by atoms with Gasteiger partial charge in [-0.1, -0.05) is 0 Å². The number of hydrogen-bond acceptors (Lipinski definition) is 0. The molecule has 4 heteroatoms. The Kier molecular flexibility index (Phi) is 9.38. The zero-order valence-electron chi connectivity index (χ0n) is 15.4. The summed E-state index contributed by atoms with van der Waals surface area (Å²) in [5.74, 6) is 0.696. The summed E-state index contributed by atoms with van der Waals surface area (Å²) < 4.78 is 3.77. The molecule has 0 heterocycles. The molecular formula is C21H26Cl2HfSi. The largest absolute Gasteiger partial charge is 1.00 e. The monoisotopic (exact) mass is 556 g/mol. The number of halogens is 2. The van der Waals surface area contributed by atoms with Crippen molar-refractivity contribution in [2.24, 2.45) is 5.92 Å². The Labute approximate surface area is 173 Å². The van der Waals surface area contributed by atoms with Gasteiger partial charge in [0.15, 0.2) is 0 Å². The first-order valence-electron chi connectivity index (χ1n) is 8.56. The predicted octanol–water partition coefficient (Wildman–Crippen LogP) is -0.732. The Morgan fingerprint density at radius 3 is 2.24 bits per heavy atom. The topological polar surface area (TPSA) is 0 Å². The van der Waals surface area contributed by atoms with Crippen LogP contribution in [0.5, 0.6) is 0 Å². The van der Waals surface area contributed by atoms with Gasteiger partial charge in [-0.3, -0.25) is 0 Å². The average Bonchev–Trinajstić information content (AvgIpc) is 3.02. The number of benzene rings is 1. The van der Waals surface area contributed by atoms with E-state index in [1.165, 1.54) is 18.0 Å². The molecule has 0 spiro atoms. The van der Waals surface area contributed by atoms with Crippen molar-refractivity contribution in [1.82, 2.24) is 0 Å². The zero-order chi connectivity index (χ0) is 16.4. The van der Waals surface area contributed by atoms with Crippen molar-refractivity contribution in [2.75, 3.05) is 0 Å². The maximum absolute atomic E-state index is 2.55. The molecule has 0 saturated heterocycles. The van der Waals surface area contributed by atoms with Crippen molar-refractivity contribution in [3.63, 3.8) is 0 Å². The summed E-state index contributed by atoms with van der Waals surface area (Å²) in [6, 6.07) is 12.5. The van der Waals surface area contributed by atoms with Crippen LogP contribution in [0.2, 0.25) is 0 Å². The van der Waals surface area contributed by atoms with Crippen LogP contribution in [0.3, 0.4) is 0 Å². The molecule has 2 aliphatic rings. The minimum absolute atomic E-state index is 0. The fourth-order valence-corrected chi connectivity index (χ4v) is 28.5. The van der Waals surface area contributed by atoms with Crippen molar-refractivity contribution < 1.29 is 44.9 Å². The standard InChI is InChI=1S/C7H8Si.2C7H9.2ClH.Hf/c8-6-7-4-2-1-3-5-7;2*1-6-3-4-7(2)5-6;;;/h1-5,8H,6H2;5H,3H2,1-2H3;3,5,7H,1-2H3;2*1H;/q;;;;;+2/p-2. The molecule has 0 amide bonds. The van der Waals surface area contributed by atoms with Gasteiger partial charge in [-0.25, -0.2) is 0 Å². The van der Waals surface area contributed by atoms with Crippen LogP contribution in [0.1, 0.15) is 39.7 Å². The predicted molar refractivity (Wildman–Crippen MR) is 99.4 cm³/mol. The van der Waals surface area contributed by atoms with Gasteiger partial charge in [-0.05, 0) is 0 Å². The molecule has 0 fully saturated rings. The van der Waals surface area contributed by atoms with Gasteiger partial charge in [0, 0.05) is 0 Å². The maximum atomic E-state index is 2.55. The molecular weight excluding hydrogens is 530 g/mol. The zero-order valence-corrected chi connectivity index (χ0v) is 21.7. The van der Waals surface area contributed by atoms with Gasteiger partial charge in [0.2, 0.25) is 0 Å². The molecule has 1 aromatic carbocycles. The quantitative estimate of drug-likeness (QED) is 0.430. The van der Waals surface area contributed by atoms with Gasteiger partial charge in [-0.15, -0.1) is 0 Å². The van der Waals surface area contributed by atoms with Crippen molar-refractivity contribution in [1.29, 1.82) is 0 Å². The van der Waals surface area contributed by atoms with Crippen LogP contribution in [0, 0.1) is 5.92 Å². The molecule has 25 heavy (non-hydrogen) atoms. The van der Waals surface area contributed by atoms with E-state index in [0.29, 0.717) is 12.1 Å². The minimum atomic E-state index is -1.86. The fraction of sp³-hybridized carbons (Fsp3) is 0.333. The van der Waals surface area contributed by atoms with E-state index >= 15 is 0 Å². The van der Waals surface area contributed by atoms with E-state index in [0.717, 1.165) is 0 Å². The van der Waals surface area contributed by atoms with Crippen molar-refractivity contribution in [3.8, 4) is 0 Å². The molecule has 1 atom stereocenters. The second-order valence-corrected chi connectivity index (χ2v) is 24.1. The van der Waals surface area contributed by atoms with Crippen LogP contribution >= 0.6 is 0 Å². The van der Waals surface area contributed by atoms with E-state index in [-0.39, 0.29) is 24.8 Å². The van der Waals surface area contributed by atoms with Gasteiger partial charge in [0.05, 0.1) is 0 Å². The third-order valence-electron chi connectivity index (χ3n) is 4.80. The Hall–Kier alpha value is -0.153. The maximum Gasteiger partial charge on any atom is -1.00 e. The molecule has 0 N–H and O–H groups in total. The van der Waals surface area contributed by atoms with E-state index in [9.17, 15) is 0 Å². The Bertz CT molecular complexity index is 770. The fourth-order valence-electron chi connectivity index (χ4n) is 3.71. The Morgan fingerprint density at radius 2 is 1.72 bits per heavy atom. The summed E-state index contributed by atoms with van der Waals surface area (Å²) >= 11 is -1.86. The minimum Gasteiger partial charge on any atom is -1.00 e. The molecule has 0 aliphatic heterocycles. The van der Waals surface area contributed by atoms with Crippen LogP contribution in [-0.4, -0.2) is 6.22 Å². The van der Waals surface area contributed by atoms with E-state index < -0.39 is 20.1 Å². The van der Waals surface area contributed by atoms with E-state index in [2.05, 4.69) is 76.3 Å². The Balaban J connectivity index is 0.00000156. The van der Waals surface area contributed by atoms with Crippen LogP contribution in [-0.2, 0) is 26.1 Å². The molecule has 2 aliphatic carbocycles. The van der Waals surface area contributed by atoms with Crippen molar-refractivity contribution in [3.05, 3.63) is 77.5 Å². The molecule has 0 bridgehead atoms. The second-order valence-electron chi connectivity index (χ2n) is 6.94.